The molecule has 0 bridgehead atoms. The van der Waals surface area contributed by atoms with Crippen molar-refractivity contribution >= 4 is 11.3 Å². The van der Waals surface area contributed by atoms with Crippen LogP contribution in [-0.2, 0) is 0 Å². The van der Waals surface area contributed by atoms with E-state index in [1.807, 2.05) is 5.51 Å². The number of hydrogen-bond acceptors (Lipinski definition) is 3. The van der Waals surface area contributed by atoms with Crippen LogP contribution < -0.4 is 5.32 Å². The standard InChI is InChI=1S/C11H20N2S/c1-5-11(4,6-2)13-9(3)10-7-14-8-12-10/h7-9,13H,5-6H2,1-4H3. The highest BCUT2D eigenvalue weighted by Gasteiger charge is 2.22. The Bertz CT molecular complexity index is 252. The van der Waals surface area contributed by atoms with E-state index in [1.54, 1.807) is 11.3 Å². The maximum atomic E-state index is 4.32. The van der Waals surface area contributed by atoms with Gasteiger partial charge in [0.25, 0.3) is 0 Å². The summed E-state index contributed by atoms with van der Waals surface area (Å²) >= 11 is 1.66. The molecule has 0 amide bonds. The molecular formula is C11H20N2S. The minimum Gasteiger partial charge on any atom is -0.304 e. The Morgan fingerprint density at radius 2 is 2.14 bits per heavy atom. The Morgan fingerprint density at radius 3 is 2.57 bits per heavy atom. The van der Waals surface area contributed by atoms with Gasteiger partial charge in [0.1, 0.15) is 0 Å². The Balaban J connectivity index is 2.60. The topological polar surface area (TPSA) is 24.9 Å². The Morgan fingerprint density at radius 1 is 1.50 bits per heavy atom. The number of rotatable bonds is 5. The van der Waals surface area contributed by atoms with E-state index in [4.69, 9.17) is 0 Å². The Hall–Kier alpha value is -0.410. The van der Waals surface area contributed by atoms with E-state index in [0.717, 1.165) is 18.5 Å². The van der Waals surface area contributed by atoms with Crippen molar-refractivity contribution in [3.05, 3.63) is 16.6 Å². The summed E-state index contributed by atoms with van der Waals surface area (Å²) in [5, 5.41) is 5.75. The van der Waals surface area contributed by atoms with Crippen molar-refractivity contribution < 1.29 is 0 Å². The summed E-state index contributed by atoms with van der Waals surface area (Å²) < 4.78 is 0. The van der Waals surface area contributed by atoms with Gasteiger partial charge in [0.15, 0.2) is 0 Å². The molecule has 1 unspecified atom stereocenters. The van der Waals surface area contributed by atoms with Gasteiger partial charge in [-0.1, -0.05) is 13.8 Å². The second kappa shape index (κ2) is 4.89. The summed E-state index contributed by atoms with van der Waals surface area (Å²) in [5.41, 5.74) is 3.29. The first-order valence-corrected chi connectivity index (χ1v) is 6.21. The van der Waals surface area contributed by atoms with Crippen LogP contribution >= 0.6 is 11.3 Å². The molecule has 0 aromatic carbocycles. The van der Waals surface area contributed by atoms with Crippen molar-refractivity contribution in [1.82, 2.24) is 10.3 Å². The van der Waals surface area contributed by atoms with Crippen molar-refractivity contribution in [3.8, 4) is 0 Å². The van der Waals surface area contributed by atoms with E-state index in [0.29, 0.717) is 6.04 Å². The van der Waals surface area contributed by atoms with Crippen LogP contribution in [0.5, 0.6) is 0 Å². The third-order valence-electron chi connectivity index (χ3n) is 3.02. The molecule has 0 radical (unpaired) electrons. The summed E-state index contributed by atoms with van der Waals surface area (Å²) in [5.74, 6) is 0. The molecule has 80 valence electrons. The van der Waals surface area contributed by atoms with Crippen LogP contribution in [0.1, 0.15) is 52.3 Å². The van der Waals surface area contributed by atoms with Gasteiger partial charge in [-0.25, -0.2) is 4.98 Å². The highest BCUT2D eigenvalue weighted by molar-refractivity contribution is 7.07. The maximum Gasteiger partial charge on any atom is 0.0795 e. The number of hydrogen-bond donors (Lipinski definition) is 1. The Kier molecular flexibility index (Phi) is 4.08. The summed E-state index contributed by atoms with van der Waals surface area (Å²) in [4.78, 5) is 4.32. The third kappa shape index (κ3) is 2.79. The van der Waals surface area contributed by atoms with Crippen LogP contribution in [0.3, 0.4) is 0 Å². The number of aromatic nitrogens is 1. The van der Waals surface area contributed by atoms with Crippen LogP contribution in [0.25, 0.3) is 0 Å². The smallest absolute Gasteiger partial charge is 0.0795 e. The average Bonchev–Trinajstić information content (AvgIpc) is 2.70. The lowest BCUT2D eigenvalue weighted by atomic mass is 9.94. The van der Waals surface area contributed by atoms with Gasteiger partial charge in [0.05, 0.1) is 11.2 Å². The van der Waals surface area contributed by atoms with Crippen molar-refractivity contribution in [1.29, 1.82) is 0 Å². The molecule has 1 N–H and O–H groups in total. The zero-order valence-electron chi connectivity index (χ0n) is 9.50. The van der Waals surface area contributed by atoms with Crippen LogP contribution in [0.4, 0.5) is 0 Å². The van der Waals surface area contributed by atoms with E-state index in [2.05, 4.69) is 43.4 Å². The van der Waals surface area contributed by atoms with Gasteiger partial charge in [0, 0.05) is 17.0 Å². The molecule has 1 atom stereocenters. The zero-order chi connectivity index (χ0) is 10.6. The number of nitrogens with one attached hydrogen (secondary N) is 1. The summed E-state index contributed by atoms with van der Waals surface area (Å²) in [7, 11) is 0. The van der Waals surface area contributed by atoms with Gasteiger partial charge in [-0.2, -0.15) is 0 Å². The monoisotopic (exact) mass is 212 g/mol. The lowest BCUT2D eigenvalue weighted by molar-refractivity contribution is 0.297. The molecule has 0 aliphatic heterocycles. The van der Waals surface area contributed by atoms with Crippen molar-refractivity contribution in [2.75, 3.05) is 0 Å². The molecule has 1 aromatic rings. The van der Waals surface area contributed by atoms with E-state index in [9.17, 15) is 0 Å². The van der Waals surface area contributed by atoms with Crippen LogP contribution in [0.15, 0.2) is 10.9 Å². The fourth-order valence-corrected chi connectivity index (χ4v) is 2.13. The molecule has 1 heterocycles. The van der Waals surface area contributed by atoms with Crippen LogP contribution in [0, 0.1) is 0 Å². The van der Waals surface area contributed by atoms with E-state index < -0.39 is 0 Å². The minimum absolute atomic E-state index is 0.239. The van der Waals surface area contributed by atoms with E-state index >= 15 is 0 Å². The van der Waals surface area contributed by atoms with Gasteiger partial charge >= 0.3 is 0 Å². The Labute approximate surface area is 90.8 Å². The first kappa shape index (κ1) is 11.7. The first-order chi connectivity index (χ1) is 6.61. The van der Waals surface area contributed by atoms with Crippen molar-refractivity contribution in [2.45, 2.75) is 52.1 Å². The van der Waals surface area contributed by atoms with Gasteiger partial charge in [-0.15, -0.1) is 11.3 Å². The SMILES string of the molecule is CCC(C)(CC)NC(C)c1cscn1. The summed E-state index contributed by atoms with van der Waals surface area (Å²) in [6.45, 7) is 8.91. The highest BCUT2D eigenvalue weighted by atomic mass is 32.1. The quantitative estimate of drug-likeness (QED) is 0.809. The molecule has 0 aliphatic carbocycles. The van der Waals surface area contributed by atoms with Crippen LogP contribution in [0.2, 0.25) is 0 Å². The molecule has 0 fully saturated rings. The molecule has 2 nitrogen and oxygen atoms in total. The van der Waals surface area contributed by atoms with Crippen molar-refractivity contribution in [2.24, 2.45) is 0 Å². The third-order valence-corrected chi connectivity index (χ3v) is 3.63. The molecule has 14 heavy (non-hydrogen) atoms. The molecular weight excluding hydrogens is 192 g/mol. The predicted molar refractivity (Wildman–Crippen MR) is 62.7 cm³/mol. The second-order valence-electron chi connectivity index (χ2n) is 4.05. The minimum atomic E-state index is 0.239. The predicted octanol–water partition coefficient (Wildman–Crippen LogP) is 3.37. The molecule has 0 saturated heterocycles. The zero-order valence-corrected chi connectivity index (χ0v) is 10.3. The summed E-state index contributed by atoms with van der Waals surface area (Å²) in [6, 6.07) is 0.353. The van der Waals surface area contributed by atoms with E-state index in [1.165, 1.54) is 0 Å². The largest absolute Gasteiger partial charge is 0.304 e. The molecule has 3 heteroatoms. The fraction of sp³-hybridized carbons (Fsp3) is 0.727. The molecule has 1 aromatic heterocycles. The fourth-order valence-electron chi connectivity index (χ4n) is 1.49. The van der Waals surface area contributed by atoms with Gasteiger partial charge in [-0.05, 0) is 26.7 Å². The first-order valence-electron chi connectivity index (χ1n) is 5.27. The van der Waals surface area contributed by atoms with Gasteiger partial charge in [0.2, 0.25) is 0 Å². The van der Waals surface area contributed by atoms with Crippen molar-refractivity contribution in [3.63, 3.8) is 0 Å². The molecule has 0 spiro atoms. The highest BCUT2D eigenvalue weighted by Crippen LogP contribution is 2.20. The molecule has 1 rings (SSSR count). The lowest BCUT2D eigenvalue weighted by Gasteiger charge is -2.31. The number of thiazole rings is 1. The lowest BCUT2D eigenvalue weighted by Crippen LogP contribution is -2.42. The summed E-state index contributed by atoms with van der Waals surface area (Å²) in [6.07, 6.45) is 2.30. The van der Waals surface area contributed by atoms with Gasteiger partial charge < -0.3 is 5.32 Å². The van der Waals surface area contributed by atoms with Crippen LogP contribution in [-0.4, -0.2) is 10.5 Å². The average molecular weight is 212 g/mol. The second-order valence-corrected chi connectivity index (χ2v) is 4.77. The molecule has 0 aliphatic rings. The molecule has 0 saturated carbocycles. The van der Waals surface area contributed by atoms with E-state index in [-0.39, 0.29) is 5.54 Å². The normalized spacial score (nSPS) is 14.3. The number of nitrogens with zero attached hydrogens (tertiary/aromatic N) is 1. The van der Waals surface area contributed by atoms with Gasteiger partial charge in [-0.3, -0.25) is 0 Å². The maximum absolute atomic E-state index is 4.32.